The molecule has 1 atom stereocenters. The quantitative estimate of drug-likeness (QED) is 0.345. The number of rotatable bonds is 7. The number of halogens is 1. The highest BCUT2D eigenvalue weighted by molar-refractivity contribution is 6.36. The van der Waals surface area contributed by atoms with Gasteiger partial charge in [-0.15, -0.1) is 0 Å². The van der Waals surface area contributed by atoms with Crippen LogP contribution in [-0.4, -0.2) is 87.9 Å². The van der Waals surface area contributed by atoms with Gasteiger partial charge in [0.05, 0.1) is 36.4 Å². The predicted molar refractivity (Wildman–Crippen MR) is 150 cm³/mol. The molecule has 3 aromatic rings. The van der Waals surface area contributed by atoms with E-state index in [1.807, 2.05) is 18.2 Å². The van der Waals surface area contributed by atoms with Crippen LogP contribution in [0.4, 0.5) is 17.5 Å². The van der Waals surface area contributed by atoms with Gasteiger partial charge in [0.15, 0.2) is 0 Å². The molecule has 2 aliphatic rings. The first-order chi connectivity index (χ1) is 18.2. The van der Waals surface area contributed by atoms with E-state index in [9.17, 15) is 5.11 Å². The second-order valence-electron chi connectivity index (χ2n) is 11.0. The van der Waals surface area contributed by atoms with Crippen molar-refractivity contribution in [2.75, 3.05) is 57.1 Å². The maximum atomic E-state index is 11.2. The molecule has 0 amide bonds. The van der Waals surface area contributed by atoms with Crippen molar-refractivity contribution < 1.29 is 14.6 Å². The second kappa shape index (κ2) is 11.2. The van der Waals surface area contributed by atoms with E-state index < -0.39 is 6.23 Å². The first-order valence-electron chi connectivity index (χ1n) is 13.2. The monoisotopic (exact) mass is 543 g/mol. The molecule has 2 fully saturated rings. The van der Waals surface area contributed by atoms with Crippen LogP contribution in [0.25, 0.3) is 11.0 Å². The van der Waals surface area contributed by atoms with E-state index in [4.69, 9.17) is 26.1 Å². The van der Waals surface area contributed by atoms with Gasteiger partial charge in [0.25, 0.3) is 0 Å². The summed E-state index contributed by atoms with van der Waals surface area (Å²) in [4.78, 5) is 17.1. The Hall–Kier alpha value is -2.63. The average molecular weight is 544 g/mol. The molecule has 0 spiro atoms. The van der Waals surface area contributed by atoms with Crippen LogP contribution in [0.15, 0.2) is 24.4 Å². The van der Waals surface area contributed by atoms with Crippen molar-refractivity contribution in [3.8, 4) is 5.75 Å². The summed E-state index contributed by atoms with van der Waals surface area (Å²) in [5, 5.41) is 19.2. The SMILES string of the molecule is COc1cc(C(O)N2CCC(N3CCOCC3)CC2)ccc1Nc1nc(NC(C)(C)C)c2c(Cl)c[nH]c2n1. The number of hydrogen-bond donors (Lipinski definition) is 4. The number of morpholine rings is 1. The first-order valence-corrected chi connectivity index (χ1v) is 13.6. The zero-order valence-electron chi connectivity index (χ0n) is 22.6. The molecule has 4 N–H and O–H groups in total. The Balaban J connectivity index is 1.30. The predicted octanol–water partition coefficient (Wildman–Crippen LogP) is 4.36. The lowest BCUT2D eigenvalue weighted by Gasteiger charge is -2.41. The Morgan fingerprint density at radius 1 is 1.16 bits per heavy atom. The molecule has 2 aromatic heterocycles. The maximum absolute atomic E-state index is 11.2. The average Bonchev–Trinajstić information content (AvgIpc) is 3.29. The maximum Gasteiger partial charge on any atom is 0.231 e. The van der Waals surface area contributed by atoms with E-state index in [0.29, 0.717) is 39.9 Å². The van der Waals surface area contributed by atoms with Crippen LogP contribution < -0.4 is 15.4 Å². The van der Waals surface area contributed by atoms with Gasteiger partial charge in [-0.05, 0) is 51.3 Å². The van der Waals surface area contributed by atoms with Crippen LogP contribution in [0.2, 0.25) is 5.02 Å². The summed E-state index contributed by atoms with van der Waals surface area (Å²) in [5.74, 6) is 1.64. The van der Waals surface area contributed by atoms with Gasteiger partial charge < -0.3 is 30.2 Å². The number of aliphatic hydroxyl groups excluding tert-OH is 1. The topological polar surface area (TPSA) is 111 Å². The summed E-state index contributed by atoms with van der Waals surface area (Å²) in [6, 6.07) is 6.25. The molecule has 4 heterocycles. The number of H-pyrrole nitrogens is 1. The minimum absolute atomic E-state index is 0.217. The molecule has 38 heavy (non-hydrogen) atoms. The first kappa shape index (κ1) is 27.0. The van der Waals surface area contributed by atoms with Gasteiger partial charge in [-0.3, -0.25) is 9.80 Å². The van der Waals surface area contributed by atoms with Crippen molar-refractivity contribution in [3.63, 3.8) is 0 Å². The van der Waals surface area contributed by atoms with Crippen LogP contribution in [0, 0.1) is 0 Å². The number of hydrogen-bond acceptors (Lipinski definition) is 9. The third-order valence-electron chi connectivity index (χ3n) is 7.15. The molecule has 2 aliphatic heterocycles. The van der Waals surface area contributed by atoms with E-state index in [1.54, 1.807) is 13.3 Å². The van der Waals surface area contributed by atoms with Crippen molar-refractivity contribution in [2.24, 2.45) is 0 Å². The van der Waals surface area contributed by atoms with Crippen molar-refractivity contribution in [3.05, 3.63) is 35.0 Å². The lowest BCUT2D eigenvalue weighted by atomic mass is 10.0. The fraction of sp³-hybridized carbons (Fsp3) is 0.556. The van der Waals surface area contributed by atoms with E-state index in [2.05, 4.69) is 51.2 Å². The number of likely N-dealkylation sites (tertiary alicyclic amines) is 1. The number of anilines is 3. The third kappa shape index (κ3) is 6.00. The molecule has 0 saturated carbocycles. The van der Waals surface area contributed by atoms with Crippen molar-refractivity contribution >= 4 is 40.1 Å². The minimum atomic E-state index is -0.695. The summed E-state index contributed by atoms with van der Waals surface area (Å²) >= 11 is 6.40. The zero-order chi connectivity index (χ0) is 26.9. The largest absolute Gasteiger partial charge is 0.495 e. The molecule has 0 aliphatic carbocycles. The minimum Gasteiger partial charge on any atom is -0.495 e. The fourth-order valence-corrected chi connectivity index (χ4v) is 5.47. The Bertz CT molecular complexity index is 1250. The third-order valence-corrected chi connectivity index (χ3v) is 7.45. The summed E-state index contributed by atoms with van der Waals surface area (Å²) in [6.07, 6.45) is 3.10. The molecule has 11 heteroatoms. The highest BCUT2D eigenvalue weighted by Crippen LogP contribution is 2.35. The summed E-state index contributed by atoms with van der Waals surface area (Å²) in [6.45, 7) is 11.5. The van der Waals surface area contributed by atoms with E-state index in [-0.39, 0.29) is 5.54 Å². The molecule has 1 aromatic carbocycles. The highest BCUT2D eigenvalue weighted by Gasteiger charge is 2.29. The number of aromatic nitrogens is 3. The number of methoxy groups -OCH3 is 1. The number of aliphatic hydroxyl groups is 1. The molecule has 10 nitrogen and oxygen atoms in total. The van der Waals surface area contributed by atoms with Gasteiger partial charge in [-0.25, -0.2) is 0 Å². The lowest BCUT2D eigenvalue weighted by Crippen LogP contribution is -2.49. The Morgan fingerprint density at radius 3 is 2.58 bits per heavy atom. The number of piperidine rings is 1. The summed E-state index contributed by atoms with van der Waals surface area (Å²) in [5.41, 5.74) is 1.91. The van der Waals surface area contributed by atoms with Crippen LogP contribution in [0.1, 0.15) is 45.4 Å². The lowest BCUT2D eigenvalue weighted by molar-refractivity contribution is -0.0423. The number of aromatic amines is 1. The van der Waals surface area contributed by atoms with Gasteiger partial charge in [-0.1, -0.05) is 17.7 Å². The van der Waals surface area contributed by atoms with Crippen molar-refractivity contribution in [2.45, 2.75) is 51.4 Å². The van der Waals surface area contributed by atoms with Crippen LogP contribution in [-0.2, 0) is 4.74 Å². The number of nitrogens with one attached hydrogen (secondary N) is 3. The molecule has 2 saturated heterocycles. The van der Waals surface area contributed by atoms with Gasteiger partial charge in [-0.2, -0.15) is 9.97 Å². The molecule has 1 unspecified atom stereocenters. The smallest absolute Gasteiger partial charge is 0.231 e. The number of benzene rings is 1. The Kier molecular flexibility index (Phi) is 7.97. The van der Waals surface area contributed by atoms with Gasteiger partial charge >= 0.3 is 0 Å². The fourth-order valence-electron chi connectivity index (χ4n) is 5.24. The number of ether oxygens (including phenoxy) is 2. The number of nitrogens with zero attached hydrogens (tertiary/aromatic N) is 4. The molecule has 206 valence electrons. The van der Waals surface area contributed by atoms with Crippen LogP contribution in [0.3, 0.4) is 0 Å². The van der Waals surface area contributed by atoms with E-state index in [1.165, 1.54) is 0 Å². The van der Waals surface area contributed by atoms with Crippen molar-refractivity contribution in [1.82, 2.24) is 24.8 Å². The molecule has 5 rings (SSSR count). The van der Waals surface area contributed by atoms with Crippen molar-refractivity contribution in [1.29, 1.82) is 0 Å². The van der Waals surface area contributed by atoms with Crippen LogP contribution >= 0.6 is 11.6 Å². The molecule has 0 bridgehead atoms. The van der Waals surface area contributed by atoms with E-state index >= 15 is 0 Å². The zero-order valence-corrected chi connectivity index (χ0v) is 23.3. The van der Waals surface area contributed by atoms with Gasteiger partial charge in [0, 0.05) is 44.0 Å². The van der Waals surface area contributed by atoms with Gasteiger partial charge in [0.1, 0.15) is 23.4 Å². The normalized spacial score (nSPS) is 19.0. The molecular weight excluding hydrogens is 506 g/mol. The second-order valence-corrected chi connectivity index (χ2v) is 11.4. The van der Waals surface area contributed by atoms with Gasteiger partial charge in [0.2, 0.25) is 5.95 Å². The van der Waals surface area contributed by atoms with Crippen LogP contribution in [0.5, 0.6) is 5.75 Å². The number of fused-ring (bicyclic) bond motifs is 1. The molecule has 0 radical (unpaired) electrons. The Morgan fingerprint density at radius 2 is 1.89 bits per heavy atom. The van der Waals surface area contributed by atoms with E-state index in [0.717, 1.165) is 63.2 Å². The summed E-state index contributed by atoms with van der Waals surface area (Å²) in [7, 11) is 1.62. The Labute approximate surface area is 228 Å². The highest BCUT2D eigenvalue weighted by atomic mass is 35.5. The molecular formula is C27H38ClN7O3. The standard InChI is InChI=1S/C27H38ClN7O3/c1-27(2,3)33-24-22-19(28)16-29-23(22)31-26(32-24)30-20-6-5-17(15-21(20)37-4)25(36)35-9-7-18(8-10-35)34-11-13-38-14-12-34/h5-6,15-16,18,25,36H,7-14H2,1-4H3,(H3,29,30,31,32,33). The summed E-state index contributed by atoms with van der Waals surface area (Å²) < 4.78 is 11.2.